The molecular weight excluding hydrogens is 1580 g/mol. The summed E-state index contributed by atoms with van der Waals surface area (Å²) in [5.74, 6) is 3.26. The molecule has 7 aliphatic heterocycles. The van der Waals surface area contributed by atoms with E-state index in [1.54, 1.807) is 18.2 Å². The predicted octanol–water partition coefficient (Wildman–Crippen LogP) is 17.3. The van der Waals surface area contributed by atoms with Gasteiger partial charge in [0.1, 0.15) is 88.5 Å². The zero-order valence-electron chi connectivity index (χ0n) is 66.3. The van der Waals surface area contributed by atoms with Crippen LogP contribution in [0.25, 0.3) is 11.1 Å². The molecule has 4 atom stereocenters. The van der Waals surface area contributed by atoms with Gasteiger partial charge in [-0.05, 0) is 217 Å². The maximum Gasteiger partial charge on any atom is 0.495 e. The number of aromatic hydroxyl groups is 1. The van der Waals surface area contributed by atoms with Gasteiger partial charge in [-0.15, -0.1) is 0 Å². The van der Waals surface area contributed by atoms with Gasteiger partial charge in [0.2, 0.25) is 0 Å². The molecule has 0 aromatic heterocycles. The molecular formula is C89H109BBr2F2O19. The number of epoxide rings is 1. The SMILES string of the molecule is C.C1CC2(CCO1)CO2.COC(=O)C[C@@H]1COc2cc(O[C@@H]3CCc4c(-c5c(C)cc(OCC6(O)CCOCC6)cc5C)ccc(F)c43)ccc21.COC(=O)C[C@@H]1COc2cc(O[C@@H]3CCc4c(B5OC(C)(C)C(C)(C)O5)ccc(F)c43)ccc21.Cc1cc(O)cc(C)c1Br.Cc1cc(OCC2(O)CCOCC2)cc(C)c1Br. The Labute approximate surface area is 680 Å². The number of benzene rings is 7. The number of aliphatic hydroxyl groups is 2. The number of carbonyl (C=O) groups is 2. The van der Waals surface area contributed by atoms with E-state index in [0.29, 0.717) is 149 Å². The number of methoxy groups -OCH3 is 2. The lowest BCUT2D eigenvalue weighted by Gasteiger charge is -2.32. The van der Waals surface area contributed by atoms with Gasteiger partial charge in [-0.1, -0.05) is 63.6 Å². The average Bonchev–Trinajstić information content (AvgIpc) is 1.59. The topological polar surface area (TPSA) is 227 Å². The van der Waals surface area contributed by atoms with E-state index in [0.717, 1.165) is 120 Å². The van der Waals surface area contributed by atoms with Crippen LogP contribution in [0.1, 0.15) is 190 Å². The highest BCUT2D eigenvalue weighted by Gasteiger charge is 2.53. The first-order valence-corrected chi connectivity index (χ1v) is 40.4. The minimum atomic E-state index is -0.874. The first-order chi connectivity index (χ1) is 53.4. The molecule has 0 bridgehead atoms. The van der Waals surface area contributed by atoms with Gasteiger partial charge in [-0.25, -0.2) is 8.78 Å². The summed E-state index contributed by atoms with van der Waals surface area (Å²) in [4.78, 5) is 23.4. The van der Waals surface area contributed by atoms with E-state index in [1.165, 1.54) is 26.4 Å². The van der Waals surface area contributed by atoms with E-state index < -0.39 is 41.7 Å². The molecule has 2 aliphatic carbocycles. The van der Waals surface area contributed by atoms with Crippen LogP contribution in [0.4, 0.5) is 8.78 Å². The number of carbonyl (C=O) groups excluding carboxylic acids is 2. The van der Waals surface area contributed by atoms with E-state index in [1.807, 2.05) is 136 Å². The Morgan fingerprint density at radius 2 is 0.929 bits per heavy atom. The van der Waals surface area contributed by atoms with Crippen LogP contribution in [-0.4, -0.2) is 149 Å². The fourth-order valence-corrected chi connectivity index (χ4v) is 16.1. The van der Waals surface area contributed by atoms with Crippen molar-refractivity contribution in [1.82, 2.24) is 0 Å². The third kappa shape index (κ3) is 20.7. The van der Waals surface area contributed by atoms with Gasteiger partial charge in [0.05, 0.1) is 63.7 Å². The van der Waals surface area contributed by atoms with Crippen molar-refractivity contribution in [2.75, 3.05) is 86.9 Å². The van der Waals surface area contributed by atoms with E-state index in [9.17, 15) is 19.8 Å². The fraction of sp³-hybridized carbons (Fsp3) is 0.506. The van der Waals surface area contributed by atoms with Gasteiger partial charge in [-0.2, -0.15) is 0 Å². The Hall–Kier alpha value is -7.36. The minimum absolute atomic E-state index is 0. The summed E-state index contributed by atoms with van der Waals surface area (Å²) in [5.41, 5.74) is 12.1. The number of phenols is 1. The summed E-state index contributed by atoms with van der Waals surface area (Å²) in [6.07, 6.45) is 7.02. The summed E-state index contributed by atoms with van der Waals surface area (Å²) in [6.45, 7) is 26.6. The predicted molar refractivity (Wildman–Crippen MR) is 435 cm³/mol. The summed E-state index contributed by atoms with van der Waals surface area (Å²) in [6, 6.07) is 29.3. The van der Waals surface area contributed by atoms with Crippen molar-refractivity contribution in [3.63, 3.8) is 0 Å². The van der Waals surface area contributed by atoms with Crippen molar-refractivity contribution in [1.29, 1.82) is 0 Å². The third-order valence-corrected chi connectivity index (χ3v) is 25.6. The molecule has 0 amide bonds. The number of fused-ring (bicyclic) bond motifs is 4. The first kappa shape index (κ1) is 86.5. The van der Waals surface area contributed by atoms with Gasteiger partial charge in [0, 0.05) is 133 Å². The van der Waals surface area contributed by atoms with Crippen LogP contribution in [0.5, 0.6) is 40.2 Å². The number of aryl methyl sites for hydroxylation is 6. The molecule has 19 nitrogen and oxygen atoms in total. The second-order valence-corrected chi connectivity index (χ2v) is 33.5. The normalized spacial score (nSPS) is 21.0. The van der Waals surface area contributed by atoms with Crippen LogP contribution >= 0.6 is 31.9 Å². The number of halogens is 4. The largest absolute Gasteiger partial charge is 0.508 e. The van der Waals surface area contributed by atoms with Gasteiger partial charge >= 0.3 is 19.1 Å². The van der Waals surface area contributed by atoms with Crippen molar-refractivity contribution in [3.05, 3.63) is 184 Å². The number of rotatable bonds is 16. The van der Waals surface area contributed by atoms with Crippen LogP contribution in [0.2, 0.25) is 0 Å². The Bertz CT molecular complexity index is 4440. The van der Waals surface area contributed by atoms with Crippen LogP contribution in [0, 0.1) is 53.2 Å². The molecule has 7 aromatic rings. The molecule has 1 spiro atoms. The van der Waals surface area contributed by atoms with E-state index in [4.69, 9.17) is 71.3 Å². The standard InChI is InChI=1S/C34H37FO7.C26H30BFO6.C14H19BrO3.C8H9BrO.C6H10O2.CH4/c1-20-14-24(41-19-34(37)10-12-39-13-11-34)15-21(2)32(20)26-6-8-28(35)33-27(26)7-9-29(33)42-23-4-5-25-22(16-31(36)38-3)18-40-30(25)17-23;1-25(2)26(3,4)34-27(33-25)19-9-10-20(28)24-18(19)8-11-21(24)32-16-6-7-17-15(12-23(29)30-5)14-31-22(17)13-16;1-10-7-12(8-11(2)13(10)15)18-9-14(16)3-5-17-6-4-14;1-5-3-7(10)4-6(2)8(5)9;1-3-7-4-2-6(1)5-8-6;/h4-6,8,14-15,17,22,29,37H,7,9-13,16,18-19H2,1-3H3;6-7,9-10,13,15,21H,8,11-12,14H2,1-5H3;7-8,16H,3-6,9H2,1-2H3;3-4,10H,1-2H3;1-5H2;1H4/t22-,29-;15-,21-;;;;/m11..../s1. The highest BCUT2D eigenvalue weighted by molar-refractivity contribution is 9.11. The molecule has 610 valence electrons. The first-order valence-electron chi connectivity index (χ1n) is 38.8. The number of esters is 2. The van der Waals surface area contributed by atoms with Gasteiger partial charge in [-0.3, -0.25) is 9.59 Å². The number of ether oxygens (including phenoxy) is 12. The zero-order chi connectivity index (χ0) is 80.0. The maximum absolute atomic E-state index is 15.3. The molecule has 0 unspecified atom stereocenters. The molecule has 7 aromatic carbocycles. The van der Waals surface area contributed by atoms with Crippen molar-refractivity contribution in [2.45, 2.75) is 206 Å². The van der Waals surface area contributed by atoms with Crippen molar-refractivity contribution in [2.24, 2.45) is 0 Å². The molecule has 7 heterocycles. The monoisotopic (exact) mass is 1690 g/mol. The molecule has 0 radical (unpaired) electrons. The Kier molecular flexibility index (Phi) is 28.2. The third-order valence-electron chi connectivity index (χ3n) is 23.1. The van der Waals surface area contributed by atoms with Gasteiger partial charge < -0.3 is 81.5 Å². The summed E-state index contributed by atoms with van der Waals surface area (Å²) in [5, 5.41) is 30.2. The van der Waals surface area contributed by atoms with Gasteiger partial charge in [0.15, 0.2) is 0 Å². The molecule has 5 saturated heterocycles. The highest BCUT2D eigenvalue weighted by atomic mass is 79.9. The zero-order valence-corrected chi connectivity index (χ0v) is 69.4. The van der Waals surface area contributed by atoms with Crippen LogP contribution < -0.4 is 33.9 Å². The molecule has 5 fully saturated rings. The lowest BCUT2D eigenvalue weighted by Crippen LogP contribution is -2.41. The lowest BCUT2D eigenvalue weighted by atomic mass is 9.75. The van der Waals surface area contributed by atoms with Crippen molar-refractivity contribution < 1.29 is 99.8 Å². The smallest absolute Gasteiger partial charge is 0.495 e. The quantitative estimate of drug-likeness (QED) is 0.0464. The summed E-state index contributed by atoms with van der Waals surface area (Å²) < 4.78 is 112. The molecule has 0 saturated carbocycles. The van der Waals surface area contributed by atoms with E-state index in [-0.39, 0.29) is 62.3 Å². The van der Waals surface area contributed by atoms with Crippen LogP contribution in [0.3, 0.4) is 0 Å². The summed E-state index contributed by atoms with van der Waals surface area (Å²) in [7, 11) is 2.22. The van der Waals surface area contributed by atoms with E-state index in [2.05, 4.69) is 31.9 Å². The fourth-order valence-electron chi connectivity index (χ4n) is 15.6. The molecule has 3 N–H and O–H groups in total. The Morgan fingerprint density at radius 1 is 0.531 bits per heavy atom. The summed E-state index contributed by atoms with van der Waals surface area (Å²) >= 11 is 6.93. The van der Waals surface area contributed by atoms with Crippen molar-refractivity contribution >= 4 is 56.4 Å². The van der Waals surface area contributed by atoms with Crippen LogP contribution in [-0.2, 0) is 60.2 Å². The minimum Gasteiger partial charge on any atom is -0.508 e. The maximum atomic E-state index is 15.3. The van der Waals surface area contributed by atoms with E-state index >= 15 is 8.78 Å². The lowest BCUT2D eigenvalue weighted by molar-refractivity contribution is -0.142. The second-order valence-electron chi connectivity index (χ2n) is 31.9. The number of hydrogen-bond donors (Lipinski definition) is 3. The highest BCUT2D eigenvalue weighted by Crippen LogP contribution is 2.48. The molecule has 16 rings (SSSR count). The Morgan fingerprint density at radius 3 is 1.35 bits per heavy atom. The molecule has 24 heteroatoms. The Balaban J connectivity index is 0.000000156. The van der Waals surface area contributed by atoms with Crippen molar-refractivity contribution in [3.8, 4) is 51.4 Å². The molecule has 9 aliphatic rings. The molecule has 113 heavy (non-hydrogen) atoms. The van der Waals surface area contributed by atoms with Gasteiger partial charge in [0.25, 0.3) is 0 Å². The number of hydrogen-bond acceptors (Lipinski definition) is 19. The average molecular weight is 1690 g/mol. The van der Waals surface area contributed by atoms with Crippen LogP contribution in [0.15, 0.2) is 106 Å². The second kappa shape index (κ2) is 36.9. The number of phenolic OH excluding ortho intramolecular Hbond substituents is 1.